The highest BCUT2D eigenvalue weighted by Crippen LogP contribution is 2.40. The first-order valence-electron chi connectivity index (χ1n) is 7.25. The van der Waals surface area contributed by atoms with Gasteiger partial charge in [0.05, 0.1) is 18.2 Å². The van der Waals surface area contributed by atoms with Crippen molar-refractivity contribution in [3.8, 4) is 5.75 Å². The molecule has 4 aromatic rings. The number of furan rings is 1. The lowest BCUT2D eigenvalue weighted by Crippen LogP contribution is -2.19. The van der Waals surface area contributed by atoms with Gasteiger partial charge >= 0.3 is 0 Å². The summed E-state index contributed by atoms with van der Waals surface area (Å²) in [5, 5.41) is 15.3. The van der Waals surface area contributed by atoms with Crippen LogP contribution in [0.1, 0.15) is 0 Å². The fourth-order valence-electron chi connectivity index (χ4n) is 2.69. The van der Waals surface area contributed by atoms with Crippen molar-refractivity contribution < 1.29 is 13.9 Å². The minimum Gasteiger partial charge on any atom is -0.494 e. The molecule has 0 unspecified atom stereocenters. The second-order valence-electron chi connectivity index (χ2n) is 5.17. The van der Waals surface area contributed by atoms with E-state index in [1.807, 2.05) is 30.3 Å². The molecule has 0 spiro atoms. The van der Waals surface area contributed by atoms with Gasteiger partial charge in [-0.05, 0) is 28.6 Å². The van der Waals surface area contributed by atoms with Gasteiger partial charge in [0.2, 0.25) is 5.91 Å². The number of hydrogen-bond acceptors (Lipinski definition) is 6. The molecule has 1 amide bonds. The number of amides is 1. The van der Waals surface area contributed by atoms with Crippen LogP contribution in [0.5, 0.6) is 5.75 Å². The van der Waals surface area contributed by atoms with E-state index in [0.29, 0.717) is 17.0 Å². The Hall–Kier alpha value is -3.42. The van der Waals surface area contributed by atoms with Gasteiger partial charge < -0.3 is 14.5 Å². The largest absolute Gasteiger partial charge is 0.494 e. The predicted octanol–water partition coefficient (Wildman–Crippen LogP) is 2.22. The molecule has 2 aromatic heterocycles. The fraction of sp³-hybridized carbons (Fsp3) is 0.125. The number of rotatable bonds is 4. The smallest absolute Gasteiger partial charge is 0.246 e. The summed E-state index contributed by atoms with van der Waals surface area (Å²) in [7, 11) is 1.56. The van der Waals surface area contributed by atoms with Crippen LogP contribution >= 0.6 is 0 Å². The van der Waals surface area contributed by atoms with E-state index < -0.39 is 0 Å². The summed E-state index contributed by atoms with van der Waals surface area (Å²) < 4.78 is 12.7. The molecule has 120 valence electrons. The number of hydrogen-bond donors (Lipinski definition) is 1. The minimum atomic E-state index is -0.257. The highest BCUT2D eigenvalue weighted by atomic mass is 16.5. The van der Waals surface area contributed by atoms with Crippen molar-refractivity contribution in [3.63, 3.8) is 0 Å². The Morgan fingerprint density at radius 1 is 1.25 bits per heavy atom. The lowest BCUT2D eigenvalue weighted by molar-refractivity contribution is -0.116. The van der Waals surface area contributed by atoms with Crippen LogP contribution in [-0.4, -0.2) is 33.2 Å². The van der Waals surface area contributed by atoms with Crippen molar-refractivity contribution in [1.29, 1.82) is 0 Å². The third kappa shape index (κ3) is 2.34. The normalized spacial score (nSPS) is 11.0. The predicted molar refractivity (Wildman–Crippen MR) is 86.7 cm³/mol. The highest BCUT2D eigenvalue weighted by molar-refractivity contribution is 6.11. The zero-order valence-corrected chi connectivity index (χ0v) is 12.8. The van der Waals surface area contributed by atoms with E-state index in [2.05, 4.69) is 20.8 Å². The number of ether oxygens (including phenoxy) is 1. The quantitative estimate of drug-likeness (QED) is 0.619. The van der Waals surface area contributed by atoms with Crippen LogP contribution < -0.4 is 10.1 Å². The minimum absolute atomic E-state index is 0.0142. The molecule has 1 N–H and O–H groups in total. The molecule has 4 rings (SSSR count). The monoisotopic (exact) mass is 323 g/mol. The summed E-state index contributed by atoms with van der Waals surface area (Å²) in [6.45, 7) is 0.0142. The number of para-hydroxylation sites is 1. The van der Waals surface area contributed by atoms with Crippen LogP contribution in [0.25, 0.3) is 21.9 Å². The molecule has 0 fully saturated rings. The zero-order valence-electron chi connectivity index (χ0n) is 12.8. The van der Waals surface area contributed by atoms with Crippen LogP contribution in [0.15, 0.2) is 47.1 Å². The van der Waals surface area contributed by atoms with Crippen LogP contribution in [0.2, 0.25) is 0 Å². The number of methoxy groups -OCH3 is 1. The summed E-state index contributed by atoms with van der Waals surface area (Å²) in [5.74, 6) is 0.301. The van der Waals surface area contributed by atoms with Gasteiger partial charge in [0.25, 0.3) is 0 Å². The number of anilines is 1. The number of carbonyl (C=O) groups excluding carboxylic acids is 1. The van der Waals surface area contributed by atoms with Crippen molar-refractivity contribution in [3.05, 3.63) is 42.7 Å². The molecule has 8 heteroatoms. The van der Waals surface area contributed by atoms with Crippen molar-refractivity contribution in [2.75, 3.05) is 12.4 Å². The number of nitrogens with zero attached hydrogens (tertiary/aromatic N) is 4. The molecule has 2 aromatic carbocycles. The molecular formula is C16H13N5O3. The Kier molecular flexibility index (Phi) is 3.34. The molecular weight excluding hydrogens is 310 g/mol. The summed E-state index contributed by atoms with van der Waals surface area (Å²) in [4.78, 5) is 12.2. The van der Waals surface area contributed by atoms with Gasteiger partial charge in [-0.25, -0.2) is 4.68 Å². The van der Waals surface area contributed by atoms with E-state index in [1.54, 1.807) is 13.2 Å². The van der Waals surface area contributed by atoms with Gasteiger partial charge in [-0.2, -0.15) is 0 Å². The van der Waals surface area contributed by atoms with E-state index in [0.717, 1.165) is 16.4 Å². The summed E-state index contributed by atoms with van der Waals surface area (Å²) >= 11 is 0. The Morgan fingerprint density at radius 3 is 2.92 bits per heavy atom. The van der Waals surface area contributed by atoms with Crippen LogP contribution in [0.4, 0.5) is 5.69 Å². The molecule has 8 nitrogen and oxygen atoms in total. The van der Waals surface area contributed by atoms with Gasteiger partial charge in [0.15, 0.2) is 5.75 Å². The first kappa shape index (κ1) is 14.2. The number of carbonyl (C=O) groups is 1. The van der Waals surface area contributed by atoms with Gasteiger partial charge in [-0.1, -0.05) is 18.2 Å². The Balaban J connectivity index is 1.75. The Morgan fingerprint density at radius 2 is 2.12 bits per heavy atom. The van der Waals surface area contributed by atoms with Crippen molar-refractivity contribution in [2.45, 2.75) is 6.54 Å². The molecule has 0 aliphatic rings. The number of fused-ring (bicyclic) bond motifs is 3. The maximum absolute atomic E-state index is 12.2. The Labute approximate surface area is 136 Å². The number of aromatic nitrogens is 4. The molecule has 0 atom stereocenters. The summed E-state index contributed by atoms with van der Waals surface area (Å²) in [6, 6.07) is 11.2. The molecule has 2 heterocycles. The van der Waals surface area contributed by atoms with Gasteiger partial charge in [0, 0.05) is 5.39 Å². The maximum atomic E-state index is 12.2. The van der Waals surface area contributed by atoms with E-state index in [1.165, 1.54) is 11.0 Å². The van der Waals surface area contributed by atoms with Crippen LogP contribution in [-0.2, 0) is 11.3 Å². The van der Waals surface area contributed by atoms with Gasteiger partial charge in [0.1, 0.15) is 24.0 Å². The summed E-state index contributed by atoms with van der Waals surface area (Å²) in [5.41, 5.74) is 2.03. The third-order valence-electron chi connectivity index (χ3n) is 3.67. The molecule has 0 radical (unpaired) electrons. The van der Waals surface area contributed by atoms with Crippen molar-refractivity contribution in [1.82, 2.24) is 20.2 Å². The topological polar surface area (TPSA) is 95.1 Å². The fourth-order valence-corrected chi connectivity index (χ4v) is 2.69. The van der Waals surface area contributed by atoms with Gasteiger partial charge in [-0.3, -0.25) is 4.79 Å². The average Bonchev–Trinajstić information content (AvgIpc) is 3.22. The molecule has 0 saturated heterocycles. The van der Waals surface area contributed by atoms with Crippen LogP contribution in [0, 0.1) is 0 Å². The van der Waals surface area contributed by atoms with Gasteiger partial charge in [-0.15, -0.1) is 5.10 Å². The highest BCUT2D eigenvalue weighted by Gasteiger charge is 2.17. The Bertz CT molecular complexity index is 1020. The van der Waals surface area contributed by atoms with Crippen molar-refractivity contribution >= 4 is 33.5 Å². The number of benzene rings is 2. The molecule has 0 bridgehead atoms. The third-order valence-corrected chi connectivity index (χ3v) is 3.67. The van der Waals surface area contributed by atoms with Crippen LogP contribution in [0.3, 0.4) is 0 Å². The molecule has 24 heavy (non-hydrogen) atoms. The van der Waals surface area contributed by atoms with E-state index >= 15 is 0 Å². The number of nitrogens with one attached hydrogen (secondary N) is 1. The first-order valence-corrected chi connectivity index (χ1v) is 7.25. The standard InChI is InChI=1S/C16H13N5O3/c1-23-16-11(18-14(22)8-21-9-17-19-20-21)6-7-13-15(16)10-4-2-3-5-12(10)24-13/h2-7,9H,8H2,1H3,(H,18,22). The van der Waals surface area contributed by atoms with E-state index in [-0.39, 0.29) is 12.5 Å². The lowest BCUT2D eigenvalue weighted by Gasteiger charge is -2.11. The second-order valence-corrected chi connectivity index (χ2v) is 5.17. The second kappa shape index (κ2) is 5.65. The summed E-state index contributed by atoms with van der Waals surface area (Å²) in [6.07, 6.45) is 1.38. The maximum Gasteiger partial charge on any atom is 0.246 e. The zero-order chi connectivity index (χ0) is 16.5. The first-order chi connectivity index (χ1) is 11.8. The van der Waals surface area contributed by atoms with E-state index in [4.69, 9.17) is 9.15 Å². The molecule has 0 aliphatic heterocycles. The van der Waals surface area contributed by atoms with E-state index in [9.17, 15) is 4.79 Å². The van der Waals surface area contributed by atoms with Crippen molar-refractivity contribution in [2.24, 2.45) is 0 Å². The molecule has 0 saturated carbocycles. The SMILES string of the molecule is COc1c(NC(=O)Cn2cnnn2)ccc2oc3ccccc3c12. The lowest BCUT2D eigenvalue weighted by atomic mass is 10.1. The average molecular weight is 323 g/mol. The number of tetrazole rings is 1. The molecule has 0 aliphatic carbocycles.